The lowest BCUT2D eigenvalue weighted by atomic mass is 10.0. The molecule has 78 heavy (non-hydrogen) atoms. The van der Waals surface area contributed by atoms with E-state index in [1.807, 2.05) is 0 Å². The van der Waals surface area contributed by atoms with Crippen LogP contribution in [0, 0.1) is 0 Å². The van der Waals surface area contributed by atoms with E-state index in [2.05, 4.69) is 45.1 Å². The Hall–Kier alpha value is -2.11. The summed E-state index contributed by atoms with van der Waals surface area (Å²) >= 11 is 0. The Balaban J connectivity index is 3.98. The number of hydrogen-bond acceptors (Lipinski definition) is 6. The Kier molecular flexibility index (Phi) is 65.6. The zero-order valence-electron chi connectivity index (χ0n) is 53.0. The quantitative estimate of drug-likeness (QED) is 0.0261. The van der Waals surface area contributed by atoms with Crippen LogP contribution in [0.15, 0.2) is 24.3 Å². The Bertz CT molecular complexity index is 1260. The van der Waals surface area contributed by atoms with Crippen LogP contribution in [0.4, 0.5) is 0 Å². The SMILES string of the molecule is CCCCCCC/C=C\CCCCCCCC(=O)OC(COC(=O)CCCCCCCCCCCCC)COC(=O)CCCCCCCCCCCCCCCCCCCCCCCCC/C=C\CCCCCCCCCC. The first-order chi connectivity index (χ1) is 38.5. The minimum Gasteiger partial charge on any atom is -0.462 e. The fourth-order valence-electron chi connectivity index (χ4n) is 10.8. The van der Waals surface area contributed by atoms with Crippen LogP contribution in [-0.2, 0) is 28.6 Å². The van der Waals surface area contributed by atoms with Gasteiger partial charge in [-0.3, -0.25) is 14.4 Å². The summed E-state index contributed by atoms with van der Waals surface area (Å²) in [5.41, 5.74) is 0. The van der Waals surface area contributed by atoms with Crippen molar-refractivity contribution in [1.29, 1.82) is 0 Å². The van der Waals surface area contributed by atoms with Crippen LogP contribution < -0.4 is 0 Å². The molecular formula is C72H136O6. The number of carbonyl (C=O) groups excluding carboxylic acids is 3. The van der Waals surface area contributed by atoms with E-state index >= 15 is 0 Å². The highest BCUT2D eigenvalue weighted by atomic mass is 16.6. The van der Waals surface area contributed by atoms with Crippen LogP contribution in [-0.4, -0.2) is 37.2 Å². The summed E-state index contributed by atoms with van der Waals surface area (Å²) < 4.78 is 16.9. The monoisotopic (exact) mass is 1100 g/mol. The van der Waals surface area contributed by atoms with E-state index in [1.54, 1.807) is 0 Å². The van der Waals surface area contributed by atoms with Gasteiger partial charge in [0.15, 0.2) is 6.10 Å². The molecule has 460 valence electrons. The maximum Gasteiger partial charge on any atom is 0.306 e. The van der Waals surface area contributed by atoms with Gasteiger partial charge in [-0.05, 0) is 70.6 Å². The first-order valence-corrected chi connectivity index (χ1v) is 35.3. The van der Waals surface area contributed by atoms with Crippen molar-refractivity contribution in [2.24, 2.45) is 0 Å². The van der Waals surface area contributed by atoms with E-state index in [1.165, 1.54) is 295 Å². The zero-order chi connectivity index (χ0) is 56.4. The fraction of sp³-hybridized carbons (Fsp3) is 0.903. The molecule has 0 spiro atoms. The van der Waals surface area contributed by atoms with Gasteiger partial charge >= 0.3 is 17.9 Å². The molecule has 1 atom stereocenters. The Morgan fingerprint density at radius 3 is 0.641 bits per heavy atom. The number of allylic oxidation sites excluding steroid dienone is 4. The highest BCUT2D eigenvalue weighted by Gasteiger charge is 2.19. The van der Waals surface area contributed by atoms with E-state index < -0.39 is 6.10 Å². The summed E-state index contributed by atoms with van der Waals surface area (Å²) in [6, 6.07) is 0. The predicted molar refractivity (Wildman–Crippen MR) is 340 cm³/mol. The molecule has 0 aromatic carbocycles. The number of esters is 3. The first-order valence-electron chi connectivity index (χ1n) is 35.3. The number of carbonyl (C=O) groups is 3. The van der Waals surface area contributed by atoms with Crippen LogP contribution in [0.1, 0.15) is 400 Å². The molecule has 1 unspecified atom stereocenters. The summed E-state index contributed by atoms with van der Waals surface area (Å²) in [5, 5.41) is 0. The number of unbranched alkanes of at least 4 members (excludes halogenated alkanes) is 51. The molecule has 0 aliphatic carbocycles. The molecule has 0 aliphatic heterocycles. The summed E-state index contributed by atoms with van der Waals surface area (Å²) in [4.78, 5) is 38.2. The predicted octanol–water partition coefficient (Wildman–Crippen LogP) is 24.2. The molecule has 0 rings (SSSR count). The van der Waals surface area contributed by atoms with E-state index in [9.17, 15) is 14.4 Å². The van der Waals surface area contributed by atoms with Crippen LogP contribution >= 0.6 is 0 Å². The molecule has 0 amide bonds. The van der Waals surface area contributed by atoms with Crippen LogP contribution in [0.5, 0.6) is 0 Å². The third kappa shape index (κ3) is 64.7. The van der Waals surface area contributed by atoms with Crippen molar-refractivity contribution in [3.8, 4) is 0 Å². The van der Waals surface area contributed by atoms with Crippen molar-refractivity contribution >= 4 is 17.9 Å². The molecule has 0 bridgehead atoms. The van der Waals surface area contributed by atoms with Gasteiger partial charge in [0, 0.05) is 19.3 Å². The molecule has 0 fully saturated rings. The maximum atomic E-state index is 12.9. The lowest BCUT2D eigenvalue weighted by Gasteiger charge is -2.18. The van der Waals surface area contributed by atoms with Crippen molar-refractivity contribution in [2.45, 2.75) is 406 Å². The topological polar surface area (TPSA) is 78.9 Å². The summed E-state index contributed by atoms with van der Waals surface area (Å²) in [6.45, 7) is 6.68. The third-order valence-electron chi connectivity index (χ3n) is 16.2. The summed E-state index contributed by atoms with van der Waals surface area (Å²) in [5.74, 6) is -0.851. The van der Waals surface area contributed by atoms with Gasteiger partial charge < -0.3 is 14.2 Å². The van der Waals surface area contributed by atoms with E-state index in [4.69, 9.17) is 14.2 Å². The average Bonchev–Trinajstić information content (AvgIpc) is 3.44. The molecule has 0 aromatic heterocycles. The van der Waals surface area contributed by atoms with Crippen molar-refractivity contribution in [3.05, 3.63) is 24.3 Å². The van der Waals surface area contributed by atoms with E-state index in [0.29, 0.717) is 19.3 Å². The molecular weight excluding hydrogens is 961 g/mol. The van der Waals surface area contributed by atoms with Crippen molar-refractivity contribution < 1.29 is 28.6 Å². The van der Waals surface area contributed by atoms with Gasteiger partial charge in [-0.1, -0.05) is 334 Å². The van der Waals surface area contributed by atoms with Gasteiger partial charge in [-0.2, -0.15) is 0 Å². The van der Waals surface area contributed by atoms with Crippen molar-refractivity contribution in [3.63, 3.8) is 0 Å². The molecule has 0 radical (unpaired) electrons. The highest BCUT2D eigenvalue weighted by Crippen LogP contribution is 2.19. The molecule has 0 aliphatic rings. The molecule has 0 aromatic rings. The molecule has 6 nitrogen and oxygen atoms in total. The minimum absolute atomic E-state index is 0.0684. The van der Waals surface area contributed by atoms with E-state index in [0.717, 1.165) is 64.2 Å². The first kappa shape index (κ1) is 75.9. The second kappa shape index (κ2) is 67.4. The third-order valence-corrected chi connectivity index (χ3v) is 16.2. The van der Waals surface area contributed by atoms with Gasteiger partial charge in [0.05, 0.1) is 0 Å². The Morgan fingerprint density at radius 2 is 0.423 bits per heavy atom. The lowest BCUT2D eigenvalue weighted by Crippen LogP contribution is -2.30. The summed E-state index contributed by atoms with van der Waals surface area (Å²) in [7, 11) is 0. The standard InChI is InChI=1S/C72H136O6/c1-4-7-10-13-16-19-22-24-26-27-28-29-30-31-32-33-34-35-36-37-38-39-40-41-42-43-44-45-46-48-50-53-56-59-62-65-71(74)77-68-69(67-76-70(73)64-61-58-55-52-49-21-18-15-12-9-6-3)78-72(75)66-63-60-57-54-51-47-25-23-20-17-14-11-8-5-2/h23,25,27-28,69H,4-22,24,26,29-68H2,1-3H3/b25-23-,28-27-. The lowest BCUT2D eigenvalue weighted by molar-refractivity contribution is -0.167. The smallest absolute Gasteiger partial charge is 0.306 e. The van der Waals surface area contributed by atoms with Gasteiger partial charge in [-0.25, -0.2) is 0 Å². The second-order valence-electron chi connectivity index (χ2n) is 24.1. The van der Waals surface area contributed by atoms with Crippen molar-refractivity contribution in [2.75, 3.05) is 13.2 Å². The van der Waals surface area contributed by atoms with Crippen LogP contribution in [0.3, 0.4) is 0 Å². The fourth-order valence-corrected chi connectivity index (χ4v) is 10.8. The summed E-state index contributed by atoms with van der Waals surface area (Å²) in [6.07, 6.45) is 82.4. The van der Waals surface area contributed by atoms with Crippen molar-refractivity contribution in [1.82, 2.24) is 0 Å². The van der Waals surface area contributed by atoms with Gasteiger partial charge in [0.25, 0.3) is 0 Å². The van der Waals surface area contributed by atoms with E-state index in [-0.39, 0.29) is 31.1 Å². The molecule has 0 heterocycles. The second-order valence-corrected chi connectivity index (χ2v) is 24.1. The normalized spacial score (nSPS) is 12.1. The maximum absolute atomic E-state index is 12.9. The minimum atomic E-state index is -0.770. The largest absolute Gasteiger partial charge is 0.462 e. The van der Waals surface area contributed by atoms with Gasteiger partial charge in [-0.15, -0.1) is 0 Å². The molecule has 0 saturated carbocycles. The Morgan fingerprint density at radius 1 is 0.244 bits per heavy atom. The Labute approximate surface area is 487 Å². The molecule has 0 N–H and O–H groups in total. The molecule has 0 saturated heterocycles. The number of ether oxygens (including phenoxy) is 3. The highest BCUT2D eigenvalue weighted by molar-refractivity contribution is 5.71. The molecule has 6 heteroatoms. The van der Waals surface area contributed by atoms with Gasteiger partial charge in [0.1, 0.15) is 13.2 Å². The van der Waals surface area contributed by atoms with Gasteiger partial charge in [0.2, 0.25) is 0 Å². The van der Waals surface area contributed by atoms with Crippen LogP contribution in [0.2, 0.25) is 0 Å². The zero-order valence-corrected chi connectivity index (χ0v) is 53.0. The van der Waals surface area contributed by atoms with Crippen LogP contribution in [0.25, 0.3) is 0 Å². The average molecular weight is 1100 g/mol. The number of hydrogen-bond donors (Lipinski definition) is 0. The number of rotatable bonds is 66.